The van der Waals surface area contributed by atoms with E-state index < -0.39 is 29.6 Å². The average Bonchev–Trinajstić information content (AvgIpc) is 3.26. The minimum atomic E-state index is -1.04. The molecule has 1 aliphatic rings. The Kier molecular flexibility index (Phi) is 4.85. The molecule has 0 saturated heterocycles. The van der Waals surface area contributed by atoms with Crippen molar-refractivity contribution in [3.63, 3.8) is 0 Å². The summed E-state index contributed by atoms with van der Waals surface area (Å²) in [7, 11) is 0. The first-order valence-electron chi connectivity index (χ1n) is 6.69. The molecule has 0 heterocycles. The maximum absolute atomic E-state index is 13.3. The summed E-state index contributed by atoms with van der Waals surface area (Å²) < 4.78 is 26.0. The van der Waals surface area contributed by atoms with E-state index in [0.717, 1.165) is 25.0 Å². The molecular formula is C14H16F2N2O3. The monoisotopic (exact) mass is 298 g/mol. The van der Waals surface area contributed by atoms with Gasteiger partial charge in [-0.05, 0) is 37.3 Å². The number of nitrogens with one attached hydrogen (secondary N) is 2. The van der Waals surface area contributed by atoms with Gasteiger partial charge in [-0.2, -0.15) is 0 Å². The molecule has 21 heavy (non-hydrogen) atoms. The molecule has 2 rings (SSSR count). The van der Waals surface area contributed by atoms with Crippen LogP contribution in [0.3, 0.4) is 0 Å². The lowest BCUT2D eigenvalue weighted by Gasteiger charge is -2.10. The van der Waals surface area contributed by atoms with Crippen LogP contribution in [0.5, 0.6) is 0 Å². The Hall–Kier alpha value is -2.02. The molecule has 5 nitrogen and oxygen atoms in total. The zero-order valence-corrected chi connectivity index (χ0v) is 11.2. The maximum atomic E-state index is 13.3. The second-order valence-electron chi connectivity index (χ2n) is 5.03. The van der Waals surface area contributed by atoms with Crippen LogP contribution in [0, 0.1) is 17.6 Å². The largest absolute Gasteiger partial charge is 0.393 e. The molecule has 1 fully saturated rings. The normalized spacial score (nSPS) is 15.4. The van der Waals surface area contributed by atoms with E-state index in [1.807, 2.05) is 0 Å². The van der Waals surface area contributed by atoms with Gasteiger partial charge in [-0.25, -0.2) is 8.78 Å². The van der Waals surface area contributed by atoms with Gasteiger partial charge in [0.2, 0.25) is 0 Å². The van der Waals surface area contributed by atoms with Crippen molar-refractivity contribution in [1.29, 1.82) is 0 Å². The average molecular weight is 298 g/mol. The van der Waals surface area contributed by atoms with Crippen LogP contribution < -0.4 is 10.6 Å². The summed E-state index contributed by atoms with van der Waals surface area (Å²) in [6.07, 6.45) is 1.87. The third-order valence-corrected chi connectivity index (χ3v) is 3.28. The topological polar surface area (TPSA) is 78.4 Å². The van der Waals surface area contributed by atoms with Crippen LogP contribution in [-0.2, 0) is 9.59 Å². The van der Waals surface area contributed by atoms with E-state index in [9.17, 15) is 23.5 Å². The lowest BCUT2D eigenvalue weighted by molar-refractivity contribution is -0.136. The first-order chi connectivity index (χ1) is 9.97. The molecule has 1 aromatic rings. The van der Waals surface area contributed by atoms with E-state index in [1.54, 1.807) is 0 Å². The van der Waals surface area contributed by atoms with Crippen LogP contribution in [0.15, 0.2) is 18.2 Å². The minimum Gasteiger partial charge on any atom is -0.393 e. The van der Waals surface area contributed by atoms with E-state index in [-0.39, 0.29) is 12.2 Å². The Morgan fingerprint density at radius 2 is 2.00 bits per heavy atom. The molecule has 1 aromatic carbocycles. The van der Waals surface area contributed by atoms with Crippen LogP contribution in [-0.4, -0.2) is 29.6 Å². The smallest absolute Gasteiger partial charge is 0.313 e. The van der Waals surface area contributed by atoms with E-state index in [0.29, 0.717) is 18.4 Å². The van der Waals surface area contributed by atoms with E-state index >= 15 is 0 Å². The highest BCUT2D eigenvalue weighted by Gasteiger charge is 2.29. The number of anilines is 1. The standard InChI is InChI=1S/C14H16F2N2O3/c15-9-3-4-11(10(16)7-9)18-14(21)13(20)17-6-5-12(19)8-1-2-8/h3-4,7-8,12,19H,1-2,5-6H2,(H,17,20)(H,18,21)/t12-/m1/s1. The van der Waals surface area contributed by atoms with Crippen LogP contribution in [0.1, 0.15) is 19.3 Å². The number of halogens is 2. The minimum absolute atomic E-state index is 0.163. The lowest BCUT2D eigenvalue weighted by Crippen LogP contribution is -2.37. The number of hydrogen-bond acceptors (Lipinski definition) is 3. The Morgan fingerprint density at radius 1 is 1.29 bits per heavy atom. The lowest BCUT2D eigenvalue weighted by atomic mass is 10.2. The van der Waals surface area contributed by atoms with Crippen molar-refractivity contribution in [3.05, 3.63) is 29.8 Å². The third-order valence-electron chi connectivity index (χ3n) is 3.28. The van der Waals surface area contributed by atoms with Crippen molar-refractivity contribution in [2.45, 2.75) is 25.4 Å². The maximum Gasteiger partial charge on any atom is 0.313 e. The first-order valence-corrected chi connectivity index (χ1v) is 6.69. The van der Waals surface area contributed by atoms with E-state index in [4.69, 9.17) is 0 Å². The fourth-order valence-electron chi connectivity index (χ4n) is 1.90. The van der Waals surface area contributed by atoms with Crippen molar-refractivity contribution in [2.24, 2.45) is 5.92 Å². The Labute approximate surface area is 120 Å². The van der Waals surface area contributed by atoms with Gasteiger partial charge in [-0.3, -0.25) is 9.59 Å². The van der Waals surface area contributed by atoms with E-state index in [2.05, 4.69) is 10.6 Å². The summed E-state index contributed by atoms with van der Waals surface area (Å²) in [6, 6.07) is 2.62. The zero-order valence-electron chi connectivity index (χ0n) is 11.2. The van der Waals surface area contributed by atoms with Gasteiger partial charge >= 0.3 is 11.8 Å². The number of amides is 2. The number of rotatable bonds is 5. The van der Waals surface area contributed by atoms with Gasteiger partial charge in [0, 0.05) is 12.6 Å². The SMILES string of the molecule is O=C(NCC[C@@H](O)C1CC1)C(=O)Nc1ccc(F)cc1F. The van der Waals surface area contributed by atoms with Crippen LogP contribution in [0.4, 0.5) is 14.5 Å². The number of carbonyl (C=O) groups is 2. The molecule has 2 amide bonds. The van der Waals surface area contributed by atoms with Crippen LogP contribution >= 0.6 is 0 Å². The molecular weight excluding hydrogens is 282 g/mol. The summed E-state index contributed by atoms with van der Waals surface area (Å²) in [5.41, 5.74) is -0.269. The van der Waals surface area contributed by atoms with E-state index in [1.165, 1.54) is 0 Å². The number of aliphatic hydroxyl groups excluding tert-OH is 1. The molecule has 1 atom stereocenters. The number of carbonyl (C=O) groups excluding carboxylic acids is 2. The predicted octanol–water partition coefficient (Wildman–Crippen LogP) is 1.18. The molecule has 0 aliphatic heterocycles. The summed E-state index contributed by atoms with van der Waals surface area (Å²) in [4.78, 5) is 23.0. The highest BCUT2D eigenvalue weighted by atomic mass is 19.1. The van der Waals surface area contributed by atoms with Gasteiger partial charge in [0.05, 0.1) is 11.8 Å². The van der Waals surface area contributed by atoms with Gasteiger partial charge in [0.25, 0.3) is 0 Å². The number of hydrogen-bond donors (Lipinski definition) is 3. The van der Waals surface area contributed by atoms with Crippen LogP contribution in [0.25, 0.3) is 0 Å². The zero-order chi connectivity index (χ0) is 15.4. The molecule has 1 aliphatic carbocycles. The highest BCUT2D eigenvalue weighted by Crippen LogP contribution is 2.33. The van der Waals surface area contributed by atoms with Crippen molar-refractivity contribution in [1.82, 2.24) is 5.32 Å². The molecule has 0 spiro atoms. The first kappa shape index (κ1) is 15.4. The molecule has 7 heteroatoms. The van der Waals surface area contributed by atoms with Crippen molar-refractivity contribution in [3.8, 4) is 0 Å². The predicted molar refractivity (Wildman–Crippen MR) is 71.3 cm³/mol. The fraction of sp³-hybridized carbons (Fsp3) is 0.429. The summed E-state index contributed by atoms with van der Waals surface area (Å²) >= 11 is 0. The second kappa shape index (κ2) is 6.62. The van der Waals surface area contributed by atoms with Crippen molar-refractivity contribution >= 4 is 17.5 Å². The summed E-state index contributed by atoms with van der Waals surface area (Å²) in [5.74, 6) is -3.41. The molecule has 0 radical (unpaired) electrons. The van der Waals surface area contributed by atoms with Gasteiger partial charge in [0.1, 0.15) is 11.6 Å². The fourth-order valence-corrected chi connectivity index (χ4v) is 1.90. The van der Waals surface area contributed by atoms with Gasteiger partial charge in [-0.1, -0.05) is 0 Å². The van der Waals surface area contributed by atoms with Crippen LogP contribution in [0.2, 0.25) is 0 Å². The Bertz CT molecular complexity index is 547. The summed E-state index contributed by atoms with van der Waals surface area (Å²) in [6.45, 7) is 0.163. The van der Waals surface area contributed by atoms with Crippen molar-refractivity contribution < 1.29 is 23.5 Å². The van der Waals surface area contributed by atoms with Gasteiger partial charge < -0.3 is 15.7 Å². The Balaban J connectivity index is 1.77. The molecule has 0 unspecified atom stereocenters. The number of aliphatic hydroxyl groups is 1. The Morgan fingerprint density at radius 3 is 2.62 bits per heavy atom. The summed E-state index contributed by atoms with van der Waals surface area (Å²) in [5, 5.41) is 14.0. The third kappa shape index (κ3) is 4.49. The number of benzene rings is 1. The molecule has 1 saturated carbocycles. The van der Waals surface area contributed by atoms with Gasteiger partial charge in [0.15, 0.2) is 0 Å². The molecule has 0 aromatic heterocycles. The second-order valence-corrected chi connectivity index (χ2v) is 5.03. The highest BCUT2D eigenvalue weighted by molar-refractivity contribution is 6.39. The molecule has 0 bridgehead atoms. The molecule has 114 valence electrons. The quantitative estimate of drug-likeness (QED) is 0.714. The van der Waals surface area contributed by atoms with Gasteiger partial charge in [-0.15, -0.1) is 0 Å². The van der Waals surface area contributed by atoms with Crippen molar-refractivity contribution in [2.75, 3.05) is 11.9 Å². The molecule has 3 N–H and O–H groups in total.